The maximum absolute atomic E-state index is 13.4. The summed E-state index contributed by atoms with van der Waals surface area (Å²) in [5.74, 6) is -0.377. The van der Waals surface area contributed by atoms with Gasteiger partial charge >= 0.3 is 0 Å². The molecular weight excluding hydrogens is 344 g/mol. The molecule has 0 bridgehead atoms. The third-order valence-corrected chi connectivity index (χ3v) is 5.77. The Bertz CT molecular complexity index is 744. The van der Waals surface area contributed by atoms with Gasteiger partial charge in [0.25, 0.3) is 0 Å². The van der Waals surface area contributed by atoms with Gasteiger partial charge in [-0.15, -0.1) is 11.3 Å². The summed E-state index contributed by atoms with van der Waals surface area (Å²) in [6, 6.07) is 5.82. The Hall–Kier alpha value is -0.660. The second kappa shape index (κ2) is 5.99. The van der Waals surface area contributed by atoms with E-state index in [1.165, 1.54) is 12.1 Å². The molecule has 20 heavy (non-hydrogen) atoms. The summed E-state index contributed by atoms with van der Waals surface area (Å²) in [6.07, 6.45) is 0. The van der Waals surface area contributed by atoms with Gasteiger partial charge in [-0.1, -0.05) is 35.3 Å². The molecule has 2 aromatic rings. The molecule has 108 valence electrons. The second-order valence-corrected chi connectivity index (χ2v) is 8.12. The van der Waals surface area contributed by atoms with Crippen molar-refractivity contribution in [2.24, 2.45) is 0 Å². The summed E-state index contributed by atoms with van der Waals surface area (Å²) in [5, 5.41) is 0. The number of benzene rings is 1. The minimum Gasteiger partial charge on any atom is -0.207 e. The van der Waals surface area contributed by atoms with E-state index in [1.54, 1.807) is 19.1 Å². The molecule has 0 aliphatic rings. The third kappa shape index (κ3) is 3.51. The number of halogens is 3. The number of hydrogen-bond donors (Lipinski definition) is 1. The Balaban J connectivity index is 2.17. The maximum atomic E-state index is 13.4. The van der Waals surface area contributed by atoms with Crippen LogP contribution in [0.5, 0.6) is 0 Å². The van der Waals surface area contributed by atoms with Gasteiger partial charge in [0, 0.05) is 6.54 Å². The molecule has 1 aromatic heterocycles. The molecule has 0 fully saturated rings. The molecule has 0 saturated heterocycles. The fourth-order valence-electron chi connectivity index (χ4n) is 1.51. The lowest BCUT2D eigenvalue weighted by Gasteiger charge is -2.06. The molecule has 0 saturated carbocycles. The average molecular weight is 354 g/mol. The van der Waals surface area contributed by atoms with Crippen molar-refractivity contribution in [3.05, 3.63) is 49.9 Å². The predicted molar refractivity (Wildman–Crippen MR) is 79.5 cm³/mol. The average Bonchev–Trinajstić information content (AvgIpc) is 2.71. The summed E-state index contributed by atoms with van der Waals surface area (Å²) < 4.78 is 40.2. The van der Waals surface area contributed by atoms with Gasteiger partial charge in [0.15, 0.2) is 0 Å². The van der Waals surface area contributed by atoms with Crippen LogP contribution in [0.2, 0.25) is 8.67 Å². The lowest BCUT2D eigenvalue weighted by atomic mass is 10.1. The Labute approximate surface area is 130 Å². The first kappa shape index (κ1) is 15.7. The van der Waals surface area contributed by atoms with Crippen LogP contribution < -0.4 is 4.72 Å². The molecule has 3 nitrogen and oxygen atoms in total. The van der Waals surface area contributed by atoms with Crippen LogP contribution in [0.1, 0.15) is 11.1 Å². The highest BCUT2D eigenvalue weighted by Gasteiger charge is 2.20. The van der Waals surface area contributed by atoms with E-state index in [1.807, 2.05) is 0 Å². The number of aryl methyl sites for hydroxylation is 1. The second-order valence-electron chi connectivity index (χ2n) is 4.10. The standard InChI is InChI=1S/C12H10Cl2FNO2S2/c1-7-2-3-8(4-9(7)15)6-16-20(17,18)10-5-11(13)19-12(10)14/h2-5,16H,6H2,1H3. The van der Waals surface area contributed by atoms with Crippen LogP contribution in [0, 0.1) is 12.7 Å². The zero-order chi connectivity index (χ0) is 14.9. The number of rotatable bonds is 4. The summed E-state index contributed by atoms with van der Waals surface area (Å²) in [4.78, 5) is -0.0678. The number of hydrogen-bond acceptors (Lipinski definition) is 3. The van der Waals surface area contributed by atoms with Crippen LogP contribution in [0.25, 0.3) is 0 Å². The molecule has 1 N–H and O–H groups in total. The van der Waals surface area contributed by atoms with Crippen molar-refractivity contribution in [1.82, 2.24) is 4.72 Å². The highest BCUT2D eigenvalue weighted by molar-refractivity contribution is 7.89. The molecule has 0 spiro atoms. The minimum atomic E-state index is -3.77. The van der Waals surface area contributed by atoms with Crippen LogP contribution in [0.4, 0.5) is 4.39 Å². The molecule has 0 atom stereocenters. The van der Waals surface area contributed by atoms with Gasteiger partial charge in [-0.05, 0) is 30.2 Å². The van der Waals surface area contributed by atoms with Crippen molar-refractivity contribution in [2.75, 3.05) is 0 Å². The van der Waals surface area contributed by atoms with Crippen molar-refractivity contribution >= 4 is 44.6 Å². The van der Waals surface area contributed by atoms with Gasteiger partial charge in [0.1, 0.15) is 15.0 Å². The van der Waals surface area contributed by atoms with Gasteiger partial charge in [0.2, 0.25) is 10.0 Å². The summed E-state index contributed by atoms with van der Waals surface area (Å²) in [7, 11) is -3.77. The Morgan fingerprint density at radius 1 is 1.30 bits per heavy atom. The highest BCUT2D eigenvalue weighted by atomic mass is 35.5. The van der Waals surface area contributed by atoms with Gasteiger partial charge in [0.05, 0.1) is 4.34 Å². The topological polar surface area (TPSA) is 46.2 Å². The van der Waals surface area contributed by atoms with Crippen molar-refractivity contribution in [1.29, 1.82) is 0 Å². The molecule has 1 aromatic carbocycles. The molecule has 0 radical (unpaired) electrons. The van der Waals surface area contributed by atoms with E-state index < -0.39 is 10.0 Å². The van der Waals surface area contributed by atoms with Gasteiger partial charge in [-0.3, -0.25) is 0 Å². The zero-order valence-electron chi connectivity index (χ0n) is 10.3. The quantitative estimate of drug-likeness (QED) is 0.903. The first-order valence-corrected chi connectivity index (χ1v) is 8.54. The number of thiophene rings is 1. The zero-order valence-corrected chi connectivity index (χ0v) is 13.4. The predicted octanol–water partition coefficient (Wildman–Crippen LogP) is 3.98. The summed E-state index contributed by atoms with van der Waals surface area (Å²) in [6.45, 7) is 1.61. The first-order chi connectivity index (χ1) is 9.29. The first-order valence-electron chi connectivity index (χ1n) is 5.49. The SMILES string of the molecule is Cc1ccc(CNS(=O)(=O)c2cc(Cl)sc2Cl)cc1F. The molecule has 2 rings (SSSR count). The molecule has 0 unspecified atom stereocenters. The molecule has 0 aliphatic carbocycles. The van der Waals surface area contributed by atoms with Crippen LogP contribution in [-0.4, -0.2) is 8.42 Å². The van der Waals surface area contributed by atoms with Crippen LogP contribution in [0.15, 0.2) is 29.2 Å². The molecule has 1 heterocycles. The van der Waals surface area contributed by atoms with E-state index in [4.69, 9.17) is 23.2 Å². The molecule has 8 heteroatoms. The Kier molecular flexibility index (Phi) is 4.71. The van der Waals surface area contributed by atoms with Crippen molar-refractivity contribution in [2.45, 2.75) is 18.4 Å². The lowest BCUT2D eigenvalue weighted by Crippen LogP contribution is -2.23. The van der Waals surface area contributed by atoms with Gasteiger partial charge in [-0.25, -0.2) is 17.5 Å². The molecule has 0 aliphatic heterocycles. The van der Waals surface area contributed by atoms with E-state index in [2.05, 4.69) is 4.72 Å². The van der Waals surface area contributed by atoms with Crippen molar-refractivity contribution < 1.29 is 12.8 Å². The van der Waals surface area contributed by atoms with Crippen LogP contribution in [0.3, 0.4) is 0 Å². The fraction of sp³-hybridized carbons (Fsp3) is 0.167. The van der Waals surface area contributed by atoms with E-state index in [-0.39, 0.29) is 25.9 Å². The smallest absolute Gasteiger partial charge is 0.207 e. The Morgan fingerprint density at radius 2 is 2.00 bits per heavy atom. The van der Waals surface area contributed by atoms with E-state index in [0.29, 0.717) is 11.1 Å². The normalized spacial score (nSPS) is 11.8. The third-order valence-electron chi connectivity index (χ3n) is 2.62. The monoisotopic (exact) mass is 353 g/mol. The molecular formula is C12H10Cl2FNO2S2. The van der Waals surface area contributed by atoms with Gasteiger partial charge in [-0.2, -0.15) is 0 Å². The number of sulfonamides is 1. The summed E-state index contributed by atoms with van der Waals surface area (Å²) in [5.41, 5.74) is 1.03. The molecule has 0 amide bonds. The maximum Gasteiger partial charge on any atom is 0.243 e. The number of nitrogens with one attached hydrogen (secondary N) is 1. The van der Waals surface area contributed by atoms with Gasteiger partial charge < -0.3 is 0 Å². The van der Waals surface area contributed by atoms with E-state index in [0.717, 1.165) is 11.3 Å². The van der Waals surface area contributed by atoms with Crippen LogP contribution in [-0.2, 0) is 16.6 Å². The minimum absolute atomic E-state index is 0.0245. The largest absolute Gasteiger partial charge is 0.243 e. The Morgan fingerprint density at radius 3 is 2.55 bits per heavy atom. The fourth-order valence-corrected chi connectivity index (χ4v) is 4.68. The van der Waals surface area contributed by atoms with E-state index in [9.17, 15) is 12.8 Å². The summed E-state index contributed by atoms with van der Waals surface area (Å²) >= 11 is 12.5. The van der Waals surface area contributed by atoms with Crippen molar-refractivity contribution in [3.8, 4) is 0 Å². The van der Waals surface area contributed by atoms with Crippen molar-refractivity contribution in [3.63, 3.8) is 0 Å². The highest BCUT2D eigenvalue weighted by Crippen LogP contribution is 2.34. The lowest BCUT2D eigenvalue weighted by molar-refractivity contribution is 0.580. The van der Waals surface area contributed by atoms with E-state index >= 15 is 0 Å². The van der Waals surface area contributed by atoms with Crippen LogP contribution >= 0.6 is 34.5 Å².